The lowest BCUT2D eigenvalue weighted by Gasteiger charge is -2.20. The van der Waals surface area contributed by atoms with Gasteiger partial charge in [0.15, 0.2) is 5.82 Å². The zero-order valence-electron chi connectivity index (χ0n) is 9.62. The van der Waals surface area contributed by atoms with Crippen LogP contribution in [0.1, 0.15) is 26.3 Å². The summed E-state index contributed by atoms with van der Waals surface area (Å²) in [4.78, 5) is 0. The number of nitrogens with one attached hydrogen (secondary N) is 1. The second-order valence-electron chi connectivity index (χ2n) is 4.97. The Labute approximate surface area is 89.5 Å². The molecule has 0 atom stereocenters. The van der Waals surface area contributed by atoms with Gasteiger partial charge in [-0.25, -0.2) is 8.78 Å². The van der Waals surface area contributed by atoms with Crippen molar-refractivity contribution < 1.29 is 8.78 Å². The third-order valence-electron chi connectivity index (χ3n) is 2.08. The Kier molecular flexibility index (Phi) is 3.32. The fourth-order valence-electron chi connectivity index (χ4n) is 1.17. The van der Waals surface area contributed by atoms with Crippen molar-refractivity contribution in [2.24, 2.45) is 5.41 Å². The second kappa shape index (κ2) is 4.17. The van der Waals surface area contributed by atoms with Crippen LogP contribution in [-0.4, -0.2) is 6.54 Å². The van der Waals surface area contributed by atoms with Gasteiger partial charge in [0, 0.05) is 6.54 Å². The predicted octanol–water partition coefficient (Wildman–Crippen LogP) is 3.73. The monoisotopic (exact) mass is 213 g/mol. The summed E-state index contributed by atoms with van der Waals surface area (Å²) in [7, 11) is 0. The lowest BCUT2D eigenvalue weighted by molar-refractivity contribution is 0.440. The molecule has 0 aliphatic heterocycles. The van der Waals surface area contributed by atoms with Gasteiger partial charge in [-0.3, -0.25) is 0 Å². The molecule has 3 heteroatoms. The molecule has 0 aliphatic carbocycles. The Hall–Kier alpha value is -1.12. The summed E-state index contributed by atoms with van der Waals surface area (Å²) in [5.41, 5.74) is 0.417. The molecule has 0 amide bonds. The lowest BCUT2D eigenvalue weighted by Crippen LogP contribution is -2.20. The smallest absolute Gasteiger partial charge is 0.152 e. The molecule has 0 radical (unpaired) electrons. The fraction of sp³-hybridized carbons (Fsp3) is 0.500. The van der Waals surface area contributed by atoms with Crippen LogP contribution in [0, 0.1) is 24.0 Å². The maximum absolute atomic E-state index is 13.5. The summed E-state index contributed by atoms with van der Waals surface area (Å²) in [5.74, 6) is -1.04. The molecule has 84 valence electrons. The molecule has 15 heavy (non-hydrogen) atoms. The van der Waals surface area contributed by atoms with Crippen LogP contribution in [-0.2, 0) is 0 Å². The Morgan fingerprint density at radius 2 is 1.80 bits per heavy atom. The van der Waals surface area contributed by atoms with E-state index in [0.29, 0.717) is 12.1 Å². The summed E-state index contributed by atoms with van der Waals surface area (Å²) in [6.45, 7) is 8.17. The molecule has 0 saturated heterocycles. The molecule has 0 fully saturated rings. The number of benzene rings is 1. The molecule has 0 saturated carbocycles. The van der Waals surface area contributed by atoms with Crippen molar-refractivity contribution in [1.29, 1.82) is 0 Å². The molecule has 1 nitrogen and oxygen atoms in total. The lowest BCUT2D eigenvalue weighted by atomic mass is 9.97. The van der Waals surface area contributed by atoms with Crippen molar-refractivity contribution >= 4 is 5.69 Å². The Morgan fingerprint density at radius 1 is 1.20 bits per heavy atom. The molecule has 0 aromatic heterocycles. The normalized spacial score (nSPS) is 11.6. The maximum Gasteiger partial charge on any atom is 0.152 e. The molecule has 0 spiro atoms. The van der Waals surface area contributed by atoms with Gasteiger partial charge in [0.2, 0.25) is 0 Å². The number of hydrogen-bond donors (Lipinski definition) is 1. The Morgan fingerprint density at radius 3 is 2.33 bits per heavy atom. The minimum atomic E-state index is -0.539. The third kappa shape index (κ3) is 3.18. The van der Waals surface area contributed by atoms with Gasteiger partial charge in [0.05, 0.1) is 0 Å². The van der Waals surface area contributed by atoms with Crippen LogP contribution in [0.15, 0.2) is 12.1 Å². The van der Waals surface area contributed by atoms with Crippen LogP contribution in [0.25, 0.3) is 0 Å². The minimum absolute atomic E-state index is 0.0113. The topological polar surface area (TPSA) is 12.0 Å². The highest BCUT2D eigenvalue weighted by Gasteiger charge is 2.15. The van der Waals surface area contributed by atoms with Crippen molar-refractivity contribution in [2.45, 2.75) is 27.7 Å². The summed E-state index contributed by atoms with van der Waals surface area (Å²) >= 11 is 0. The van der Waals surface area contributed by atoms with Gasteiger partial charge in [-0.15, -0.1) is 0 Å². The van der Waals surface area contributed by atoms with Crippen LogP contribution >= 0.6 is 0 Å². The molecule has 0 unspecified atom stereocenters. The van der Waals surface area contributed by atoms with E-state index in [1.807, 2.05) is 20.8 Å². The van der Waals surface area contributed by atoms with E-state index in [1.165, 1.54) is 12.1 Å². The first-order valence-corrected chi connectivity index (χ1v) is 5.00. The van der Waals surface area contributed by atoms with Crippen molar-refractivity contribution in [3.8, 4) is 0 Å². The highest BCUT2D eigenvalue weighted by atomic mass is 19.1. The van der Waals surface area contributed by atoms with Crippen molar-refractivity contribution in [2.75, 3.05) is 11.9 Å². The number of halogens is 2. The van der Waals surface area contributed by atoms with E-state index in [1.54, 1.807) is 6.92 Å². The highest BCUT2D eigenvalue weighted by molar-refractivity contribution is 5.49. The SMILES string of the molecule is Cc1ccc(F)c(NCC(C)(C)C)c1F. The van der Waals surface area contributed by atoms with Crippen LogP contribution in [0.2, 0.25) is 0 Å². The van der Waals surface area contributed by atoms with Gasteiger partial charge in [-0.05, 0) is 24.0 Å². The van der Waals surface area contributed by atoms with Crippen molar-refractivity contribution in [3.63, 3.8) is 0 Å². The number of rotatable bonds is 2. The molecule has 0 aliphatic rings. The molecule has 1 rings (SSSR count). The molecular formula is C12H17F2N. The first kappa shape index (κ1) is 12.0. The van der Waals surface area contributed by atoms with Crippen molar-refractivity contribution in [1.82, 2.24) is 0 Å². The zero-order valence-corrected chi connectivity index (χ0v) is 9.62. The standard InChI is InChI=1S/C12H17F2N/c1-8-5-6-9(13)11(10(8)14)15-7-12(2,3)4/h5-6,15H,7H2,1-4H3. The Balaban J connectivity index is 2.90. The minimum Gasteiger partial charge on any atom is -0.380 e. The van der Waals surface area contributed by atoms with E-state index in [9.17, 15) is 8.78 Å². The van der Waals surface area contributed by atoms with E-state index >= 15 is 0 Å². The number of hydrogen-bond acceptors (Lipinski definition) is 1. The summed E-state index contributed by atoms with van der Waals surface area (Å²) < 4.78 is 26.8. The second-order valence-corrected chi connectivity index (χ2v) is 4.97. The highest BCUT2D eigenvalue weighted by Crippen LogP contribution is 2.23. The van der Waals surface area contributed by atoms with Crippen LogP contribution in [0.4, 0.5) is 14.5 Å². The average Bonchev–Trinajstić information content (AvgIpc) is 2.10. The number of aryl methyl sites for hydroxylation is 1. The van der Waals surface area contributed by atoms with Gasteiger partial charge in [-0.1, -0.05) is 26.8 Å². The Bertz CT molecular complexity index is 353. The van der Waals surface area contributed by atoms with Crippen LogP contribution in [0.5, 0.6) is 0 Å². The molecule has 0 bridgehead atoms. The van der Waals surface area contributed by atoms with E-state index < -0.39 is 11.6 Å². The first-order chi connectivity index (χ1) is 6.81. The number of anilines is 1. The molecule has 1 N–H and O–H groups in total. The van der Waals surface area contributed by atoms with Gasteiger partial charge < -0.3 is 5.32 Å². The van der Waals surface area contributed by atoms with Gasteiger partial charge >= 0.3 is 0 Å². The van der Waals surface area contributed by atoms with Gasteiger partial charge in [0.1, 0.15) is 11.5 Å². The van der Waals surface area contributed by atoms with Gasteiger partial charge in [0.25, 0.3) is 0 Å². The van der Waals surface area contributed by atoms with Crippen LogP contribution < -0.4 is 5.32 Å². The summed E-state index contributed by atoms with van der Waals surface area (Å²) in [6, 6.07) is 2.72. The fourth-order valence-corrected chi connectivity index (χ4v) is 1.17. The third-order valence-corrected chi connectivity index (χ3v) is 2.08. The summed E-state index contributed by atoms with van der Waals surface area (Å²) in [6.07, 6.45) is 0. The molecule has 1 aromatic carbocycles. The predicted molar refractivity (Wildman–Crippen MR) is 59.0 cm³/mol. The van der Waals surface area contributed by atoms with Crippen molar-refractivity contribution in [3.05, 3.63) is 29.3 Å². The molecule has 0 heterocycles. The van der Waals surface area contributed by atoms with Gasteiger partial charge in [-0.2, -0.15) is 0 Å². The average molecular weight is 213 g/mol. The molecular weight excluding hydrogens is 196 g/mol. The maximum atomic E-state index is 13.5. The van der Waals surface area contributed by atoms with E-state index in [2.05, 4.69) is 5.32 Å². The largest absolute Gasteiger partial charge is 0.380 e. The first-order valence-electron chi connectivity index (χ1n) is 5.00. The van der Waals surface area contributed by atoms with Crippen LogP contribution in [0.3, 0.4) is 0 Å². The quantitative estimate of drug-likeness (QED) is 0.789. The summed E-state index contributed by atoms with van der Waals surface area (Å²) in [5, 5.41) is 2.81. The zero-order chi connectivity index (χ0) is 11.6. The molecule has 1 aromatic rings. The van der Waals surface area contributed by atoms with E-state index in [4.69, 9.17) is 0 Å². The van der Waals surface area contributed by atoms with E-state index in [0.717, 1.165) is 0 Å². The van der Waals surface area contributed by atoms with E-state index in [-0.39, 0.29) is 11.1 Å².